The third-order valence-electron chi connectivity index (χ3n) is 2.77. The van der Waals surface area contributed by atoms with E-state index in [4.69, 9.17) is 5.73 Å². The lowest BCUT2D eigenvalue weighted by Gasteiger charge is -2.11. The minimum absolute atomic E-state index is 0.000490. The molecule has 20 heavy (non-hydrogen) atoms. The van der Waals surface area contributed by atoms with E-state index in [9.17, 15) is 16.8 Å². The molecule has 0 spiro atoms. The molecule has 0 unspecified atom stereocenters. The van der Waals surface area contributed by atoms with Crippen molar-refractivity contribution in [3.05, 3.63) is 18.2 Å². The lowest BCUT2D eigenvalue weighted by Crippen LogP contribution is -2.19. The molecule has 0 amide bonds. The molecule has 0 radical (unpaired) electrons. The number of sulfone groups is 1. The van der Waals surface area contributed by atoms with E-state index in [0.717, 1.165) is 0 Å². The molecule has 0 aliphatic rings. The van der Waals surface area contributed by atoms with Crippen molar-refractivity contribution < 1.29 is 16.8 Å². The first kappa shape index (κ1) is 16.7. The van der Waals surface area contributed by atoms with Crippen LogP contribution in [0.5, 0.6) is 0 Å². The zero-order chi connectivity index (χ0) is 15.4. The Hall–Kier alpha value is -1.32. The predicted molar refractivity (Wildman–Crippen MR) is 79.9 cm³/mol. The van der Waals surface area contributed by atoms with Crippen LogP contribution in [0.4, 0.5) is 11.4 Å². The first-order chi connectivity index (χ1) is 9.22. The molecule has 0 saturated carbocycles. The summed E-state index contributed by atoms with van der Waals surface area (Å²) >= 11 is 0. The van der Waals surface area contributed by atoms with Crippen LogP contribution in [0, 0.1) is 0 Å². The monoisotopic (exact) mass is 321 g/mol. The third-order valence-corrected chi connectivity index (χ3v) is 5.89. The van der Waals surface area contributed by atoms with Crippen molar-refractivity contribution >= 4 is 31.2 Å². The van der Waals surface area contributed by atoms with Gasteiger partial charge < -0.3 is 11.1 Å². The average Bonchev–Trinajstić information content (AvgIpc) is 2.40. The topological polar surface area (TPSA) is 118 Å². The van der Waals surface area contributed by atoms with Crippen molar-refractivity contribution in [2.75, 3.05) is 36.1 Å². The lowest BCUT2D eigenvalue weighted by molar-refractivity contribution is 0.588. The van der Waals surface area contributed by atoms with Gasteiger partial charge >= 0.3 is 0 Å². The molecule has 0 heterocycles. The molecule has 114 valence electrons. The van der Waals surface area contributed by atoms with Crippen LogP contribution < -0.4 is 15.8 Å². The Bertz CT molecular complexity index is 669. The van der Waals surface area contributed by atoms with E-state index in [2.05, 4.69) is 10.0 Å². The van der Waals surface area contributed by atoms with Crippen LogP contribution in [0.15, 0.2) is 23.1 Å². The Balaban J connectivity index is 2.80. The summed E-state index contributed by atoms with van der Waals surface area (Å²) in [6.07, 6.45) is 0. The molecule has 9 heteroatoms. The number of anilines is 2. The molecule has 0 saturated heterocycles. The molecule has 0 bridgehead atoms. The van der Waals surface area contributed by atoms with Gasteiger partial charge in [0, 0.05) is 12.3 Å². The summed E-state index contributed by atoms with van der Waals surface area (Å²) in [7, 11) is -5.27. The zero-order valence-corrected chi connectivity index (χ0v) is 13.0. The number of nitrogens with one attached hydrogen (secondary N) is 2. The fourth-order valence-corrected chi connectivity index (χ4v) is 2.94. The quantitative estimate of drug-likeness (QED) is 0.609. The molecule has 7 nitrogen and oxygen atoms in total. The number of hydrogen-bond donors (Lipinski definition) is 3. The van der Waals surface area contributed by atoms with Crippen molar-refractivity contribution in [2.45, 2.75) is 11.8 Å². The normalized spacial score (nSPS) is 12.3. The van der Waals surface area contributed by atoms with E-state index in [1.165, 1.54) is 25.2 Å². The van der Waals surface area contributed by atoms with E-state index in [1.807, 2.05) is 0 Å². The fraction of sp³-hybridized carbons (Fsp3) is 0.455. The Labute approximate surface area is 119 Å². The molecule has 0 aliphatic carbocycles. The molecule has 4 N–H and O–H groups in total. The van der Waals surface area contributed by atoms with Crippen molar-refractivity contribution in [2.24, 2.45) is 0 Å². The van der Waals surface area contributed by atoms with E-state index in [1.54, 1.807) is 6.92 Å². The van der Waals surface area contributed by atoms with Gasteiger partial charge in [0.05, 0.1) is 22.0 Å². The summed E-state index contributed by atoms with van der Waals surface area (Å²) in [5.74, 6) is 0.0863. The highest BCUT2D eigenvalue weighted by molar-refractivity contribution is 7.91. The first-order valence-corrected chi connectivity index (χ1v) is 9.29. The Morgan fingerprint density at radius 3 is 2.35 bits per heavy atom. The number of nitrogen functional groups attached to an aromatic ring is 1. The highest BCUT2D eigenvalue weighted by atomic mass is 32.2. The summed E-state index contributed by atoms with van der Waals surface area (Å²) < 4.78 is 48.0. The van der Waals surface area contributed by atoms with E-state index >= 15 is 0 Å². The third kappa shape index (κ3) is 4.36. The summed E-state index contributed by atoms with van der Waals surface area (Å²) in [5.41, 5.74) is 6.50. The molecule has 0 atom stereocenters. The largest absolute Gasteiger partial charge is 0.397 e. The van der Waals surface area contributed by atoms with Crippen LogP contribution in [-0.4, -0.2) is 41.9 Å². The Kier molecular flexibility index (Phi) is 5.37. The van der Waals surface area contributed by atoms with Crippen LogP contribution in [0.2, 0.25) is 0 Å². The second-order valence-electron chi connectivity index (χ2n) is 4.12. The van der Waals surface area contributed by atoms with Gasteiger partial charge in [-0.2, -0.15) is 0 Å². The average molecular weight is 321 g/mol. The number of nitrogens with two attached hydrogens (primary N) is 1. The van der Waals surface area contributed by atoms with Crippen LogP contribution in [-0.2, 0) is 19.9 Å². The van der Waals surface area contributed by atoms with E-state index < -0.39 is 19.9 Å². The van der Waals surface area contributed by atoms with Crippen molar-refractivity contribution in [1.29, 1.82) is 0 Å². The van der Waals surface area contributed by atoms with Crippen molar-refractivity contribution in [3.8, 4) is 0 Å². The van der Waals surface area contributed by atoms with Crippen molar-refractivity contribution in [1.82, 2.24) is 4.72 Å². The summed E-state index contributed by atoms with van der Waals surface area (Å²) in [6.45, 7) is 1.81. The molecular formula is C11H19N3O4S2. The number of rotatable bonds is 7. The van der Waals surface area contributed by atoms with Gasteiger partial charge in [-0.15, -0.1) is 0 Å². The summed E-state index contributed by atoms with van der Waals surface area (Å²) in [5, 5.41) is 2.88. The maximum atomic E-state index is 11.6. The molecule has 1 rings (SSSR count). The van der Waals surface area contributed by atoms with Gasteiger partial charge in [0.2, 0.25) is 10.0 Å². The number of hydrogen-bond acceptors (Lipinski definition) is 6. The maximum absolute atomic E-state index is 11.6. The molecule has 1 aromatic carbocycles. The van der Waals surface area contributed by atoms with Gasteiger partial charge in [-0.3, -0.25) is 0 Å². The van der Waals surface area contributed by atoms with Gasteiger partial charge in [-0.1, -0.05) is 6.92 Å². The Morgan fingerprint density at radius 1 is 1.20 bits per heavy atom. The zero-order valence-electron chi connectivity index (χ0n) is 11.4. The molecule has 0 fully saturated rings. The number of sulfonamides is 1. The van der Waals surface area contributed by atoms with E-state index in [0.29, 0.717) is 5.69 Å². The second kappa shape index (κ2) is 6.42. The fourth-order valence-electron chi connectivity index (χ4n) is 1.47. The highest BCUT2D eigenvalue weighted by Crippen LogP contribution is 2.22. The van der Waals surface area contributed by atoms with Gasteiger partial charge in [0.15, 0.2) is 9.84 Å². The summed E-state index contributed by atoms with van der Waals surface area (Å²) in [6, 6.07) is 4.24. The van der Waals surface area contributed by atoms with Crippen molar-refractivity contribution in [3.63, 3.8) is 0 Å². The van der Waals surface area contributed by atoms with Gasteiger partial charge in [-0.05, 0) is 25.2 Å². The minimum atomic E-state index is -3.54. The molecule has 0 aromatic heterocycles. The summed E-state index contributed by atoms with van der Waals surface area (Å²) in [4.78, 5) is 0.0595. The minimum Gasteiger partial charge on any atom is -0.397 e. The smallest absolute Gasteiger partial charge is 0.240 e. The van der Waals surface area contributed by atoms with Crippen LogP contribution in [0.25, 0.3) is 0 Å². The van der Waals surface area contributed by atoms with Crippen LogP contribution in [0.1, 0.15) is 6.92 Å². The first-order valence-electron chi connectivity index (χ1n) is 5.99. The molecule has 0 aliphatic heterocycles. The Morgan fingerprint density at radius 2 is 1.85 bits per heavy atom. The van der Waals surface area contributed by atoms with E-state index in [-0.39, 0.29) is 28.6 Å². The van der Waals surface area contributed by atoms with Crippen LogP contribution in [0.3, 0.4) is 0 Å². The van der Waals surface area contributed by atoms with Gasteiger partial charge in [0.25, 0.3) is 0 Å². The van der Waals surface area contributed by atoms with Crippen LogP contribution >= 0.6 is 0 Å². The lowest BCUT2D eigenvalue weighted by atomic mass is 10.2. The highest BCUT2D eigenvalue weighted by Gasteiger charge is 2.13. The predicted octanol–water partition coefficient (Wildman–Crippen LogP) is 0.0235. The SMILES string of the molecule is CCS(=O)(=O)CCNc1ccc(S(=O)(=O)NC)cc1N. The number of benzene rings is 1. The second-order valence-corrected chi connectivity index (χ2v) is 8.48. The maximum Gasteiger partial charge on any atom is 0.240 e. The van der Waals surface area contributed by atoms with Gasteiger partial charge in [0.1, 0.15) is 0 Å². The molecular weight excluding hydrogens is 302 g/mol. The standard InChI is InChI=1S/C11H19N3O4S2/c1-3-19(15,16)7-6-14-11-5-4-9(8-10(11)12)20(17,18)13-2/h4-5,8,13-14H,3,6-7,12H2,1-2H3. The van der Waals surface area contributed by atoms with Gasteiger partial charge in [-0.25, -0.2) is 21.6 Å². The molecule has 1 aromatic rings.